The van der Waals surface area contributed by atoms with Gasteiger partial charge in [0.25, 0.3) is 11.8 Å². The minimum atomic E-state index is -0.537. The zero-order valence-electron chi connectivity index (χ0n) is 16.7. The molecule has 152 valence electrons. The number of rotatable bonds is 4. The number of benzene rings is 3. The van der Waals surface area contributed by atoms with E-state index in [-0.39, 0.29) is 11.8 Å². The highest BCUT2D eigenvalue weighted by molar-refractivity contribution is 6.30. The summed E-state index contributed by atoms with van der Waals surface area (Å²) in [5.41, 5.74) is 6.50. The highest BCUT2D eigenvalue weighted by atomic mass is 35.5. The molecule has 0 aliphatic carbocycles. The van der Waals surface area contributed by atoms with E-state index in [9.17, 15) is 9.59 Å². The molecule has 1 unspecified atom stereocenters. The van der Waals surface area contributed by atoms with Gasteiger partial charge in [-0.2, -0.15) is 0 Å². The van der Waals surface area contributed by atoms with Crippen LogP contribution < -0.4 is 10.7 Å². The molecule has 0 bridgehead atoms. The Balaban J connectivity index is 1.69. The summed E-state index contributed by atoms with van der Waals surface area (Å²) >= 11 is 5.92. The predicted molar refractivity (Wildman–Crippen MR) is 118 cm³/mol. The van der Waals surface area contributed by atoms with E-state index in [1.807, 2.05) is 36.4 Å². The van der Waals surface area contributed by atoms with Crippen molar-refractivity contribution in [2.75, 3.05) is 5.32 Å². The monoisotopic (exact) mass is 419 g/mol. The number of hydrogen-bond donors (Lipinski definition) is 2. The number of carbonyl (C=O) groups excluding carboxylic acids is 2. The molecule has 3 aromatic carbocycles. The minimum Gasteiger partial charge on any atom is -0.359 e. The van der Waals surface area contributed by atoms with Gasteiger partial charge in [-0.15, -0.1) is 0 Å². The highest BCUT2D eigenvalue weighted by Gasteiger charge is 2.34. The molecule has 0 spiro atoms. The first-order valence-corrected chi connectivity index (χ1v) is 10.2. The Labute approximate surface area is 180 Å². The molecular weight excluding hydrogens is 398 g/mol. The Kier molecular flexibility index (Phi) is 5.46. The molecule has 0 fully saturated rings. The second-order valence-electron chi connectivity index (χ2n) is 7.54. The Morgan fingerprint density at radius 1 is 1.00 bits per heavy atom. The fourth-order valence-corrected chi connectivity index (χ4v) is 3.57. The summed E-state index contributed by atoms with van der Waals surface area (Å²) in [6, 6.07) is 21.9. The van der Waals surface area contributed by atoms with Crippen molar-refractivity contribution in [2.45, 2.75) is 25.9 Å². The summed E-state index contributed by atoms with van der Waals surface area (Å²) in [6.07, 6.45) is -0.537. The van der Waals surface area contributed by atoms with Crippen molar-refractivity contribution < 1.29 is 9.59 Å². The van der Waals surface area contributed by atoms with Gasteiger partial charge in [0.15, 0.2) is 0 Å². The molecule has 2 N–H and O–H groups in total. The summed E-state index contributed by atoms with van der Waals surface area (Å²) in [6.45, 7) is 4.26. The molecule has 1 heterocycles. The first kappa shape index (κ1) is 20.0. The fraction of sp³-hybridized carbons (Fsp3) is 0.167. The van der Waals surface area contributed by atoms with Crippen molar-refractivity contribution in [3.05, 3.63) is 100 Å². The highest BCUT2D eigenvalue weighted by Crippen LogP contribution is 2.32. The summed E-state index contributed by atoms with van der Waals surface area (Å²) in [5, 5.41) is 5.27. The SMILES string of the molecule is CC(C)c1ccc(C2Nc3ccccc3C(=O)N2NC(=O)c2ccc(Cl)cc2)cc1. The molecule has 0 saturated carbocycles. The van der Waals surface area contributed by atoms with Gasteiger partial charge in [-0.25, -0.2) is 5.01 Å². The maximum atomic E-state index is 13.2. The number of nitrogens with one attached hydrogen (secondary N) is 2. The van der Waals surface area contributed by atoms with Crippen molar-refractivity contribution in [3.8, 4) is 0 Å². The van der Waals surface area contributed by atoms with Gasteiger partial charge >= 0.3 is 0 Å². The molecule has 1 aliphatic rings. The molecule has 6 heteroatoms. The number of para-hydroxylation sites is 1. The lowest BCUT2D eigenvalue weighted by atomic mass is 9.99. The van der Waals surface area contributed by atoms with Gasteiger partial charge in [0.1, 0.15) is 6.17 Å². The lowest BCUT2D eigenvalue weighted by Gasteiger charge is -2.37. The van der Waals surface area contributed by atoms with Crippen LogP contribution in [0.2, 0.25) is 5.02 Å². The summed E-state index contributed by atoms with van der Waals surface area (Å²) in [5.74, 6) is -0.254. The number of amides is 2. The lowest BCUT2D eigenvalue weighted by molar-refractivity contribution is 0.0491. The normalized spacial score (nSPS) is 15.5. The van der Waals surface area contributed by atoms with E-state index < -0.39 is 6.17 Å². The minimum absolute atomic E-state index is 0.274. The number of hydrogen-bond acceptors (Lipinski definition) is 3. The molecule has 5 nitrogen and oxygen atoms in total. The van der Waals surface area contributed by atoms with Crippen molar-refractivity contribution in [1.82, 2.24) is 10.4 Å². The van der Waals surface area contributed by atoms with Crippen molar-refractivity contribution in [3.63, 3.8) is 0 Å². The summed E-state index contributed by atoms with van der Waals surface area (Å²) in [4.78, 5) is 26.1. The van der Waals surface area contributed by atoms with Gasteiger partial charge in [-0.3, -0.25) is 15.0 Å². The third kappa shape index (κ3) is 3.89. The van der Waals surface area contributed by atoms with Gasteiger partial charge in [-0.1, -0.05) is 61.8 Å². The van der Waals surface area contributed by atoms with Crippen molar-refractivity contribution in [2.24, 2.45) is 0 Å². The third-order valence-corrected chi connectivity index (χ3v) is 5.43. The maximum Gasteiger partial charge on any atom is 0.276 e. The topological polar surface area (TPSA) is 61.4 Å². The molecule has 30 heavy (non-hydrogen) atoms. The van der Waals surface area contributed by atoms with Gasteiger partial charge in [-0.05, 0) is 53.4 Å². The van der Waals surface area contributed by atoms with Gasteiger partial charge < -0.3 is 5.32 Å². The van der Waals surface area contributed by atoms with Gasteiger partial charge in [0.05, 0.1) is 5.56 Å². The first-order valence-electron chi connectivity index (χ1n) is 9.79. The fourth-order valence-electron chi connectivity index (χ4n) is 3.44. The number of halogens is 1. The Morgan fingerprint density at radius 3 is 2.33 bits per heavy atom. The van der Waals surface area contributed by atoms with Crippen LogP contribution in [-0.4, -0.2) is 16.8 Å². The summed E-state index contributed by atoms with van der Waals surface area (Å²) in [7, 11) is 0. The van der Waals surface area contributed by atoms with E-state index in [1.165, 1.54) is 10.6 Å². The van der Waals surface area contributed by atoms with Crippen molar-refractivity contribution in [1.29, 1.82) is 0 Å². The average Bonchev–Trinajstić information content (AvgIpc) is 2.76. The van der Waals surface area contributed by atoms with Crippen LogP contribution in [0.3, 0.4) is 0 Å². The zero-order valence-corrected chi connectivity index (χ0v) is 17.5. The first-order chi connectivity index (χ1) is 14.4. The average molecular weight is 420 g/mol. The van der Waals surface area contributed by atoms with Crippen LogP contribution in [0.5, 0.6) is 0 Å². The van der Waals surface area contributed by atoms with Crippen LogP contribution >= 0.6 is 11.6 Å². The van der Waals surface area contributed by atoms with E-state index in [0.717, 1.165) is 11.3 Å². The number of anilines is 1. The molecule has 4 rings (SSSR count). The lowest BCUT2D eigenvalue weighted by Crippen LogP contribution is -2.52. The second kappa shape index (κ2) is 8.20. The van der Waals surface area contributed by atoms with E-state index in [4.69, 9.17) is 11.6 Å². The quantitative estimate of drug-likeness (QED) is 0.597. The Bertz CT molecular complexity index is 1080. The zero-order chi connectivity index (χ0) is 21.3. The summed E-state index contributed by atoms with van der Waals surface area (Å²) < 4.78 is 0. The van der Waals surface area contributed by atoms with E-state index >= 15 is 0 Å². The van der Waals surface area contributed by atoms with Crippen LogP contribution in [0.1, 0.15) is 57.8 Å². The van der Waals surface area contributed by atoms with Gasteiger partial charge in [0.2, 0.25) is 0 Å². The van der Waals surface area contributed by atoms with Gasteiger partial charge in [0, 0.05) is 16.3 Å². The Hall–Kier alpha value is -3.31. The molecule has 3 aromatic rings. The standard InChI is InChI=1S/C24H22ClN3O2/c1-15(2)16-7-9-17(10-8-16)22-26-21-6-4-3-5-20(21)24(30)28(22)27-23(29)18-11-13-19(25)14-12-18/h3-15,22,26H,1-2H3,(H,27,29). The van der Waals surface area contributed by atoms with Crippen LogP contribution in [0.15, 0.2) is 72.8 Å². The third-order valence-electron chi connectivity index (χ3n) is 5.17. The molecular formula is C24H22ClN3O2. The molecule has 0 saturated heterocycles. The van der Waals surface area contributed by atoms with Crippen LogP contribution in [-0.2, 0) is 0 Å². The number of carbonyl (C=O) groups is 2. The van der Waals surface area contributed by atoms with E-state index in [2.05, 4.69) is 24.6 Å². The molecule has 1 atom stereocenters. The second-order valence-corrected chi connectivity index (χ2v) is 7.97. The largest absolute Gasteiger partial charge is 0.359 e. The van der Waals surface area contributed by atoms with Crippen LogP contribution in [0.4, 0.5) is 5.69 Å². The molecule has 1 aliphatic heterocycles. The van der Waals surface area contributed by atoms with Crippen LogP contribution in [0, 0.1) is 0 Å². The van der Waals surface area contributed by atoms with Crippen molar-refractivity contribution >= 4 is 29.1 Å². The number of hydrazine groups is 1. The maximum absolute atomic E-state index is 13.2. The smallest absolute Gasteiger partial charge is 0.276 e. The van der Waals surface area contributed by atoms with E-state index in [0.29, 0.717) is 22.1 Å². The number of nitrogens with zero attached hydrogens (tertiary/aromatic N) is 1. The van der Waals surface area contributed by atoms with Crippen LogP contribution in [0.25, 0.3) is 0 Å². The Morgan fingerprint density at radius 2 is 1.67 bits per heavy atom. The number of fused-ring (bicyclic) bond motifs is 1. The molecule has 0 aromatic heterocycles. The molecule has 2 amide bonds. The molecule has 0 radical (unpaired) electrons. The predicted octanol–water partition coefficient (Wildman–Crippen LogP) is 5.37. The van der Waals surface area contributed by atoms with E-state index in [1.54, 1.807) is 36.4 Å².